The standard InChI is InChI=1S/C20H24N4O/c1-14-7-9-16(10-8-14)19-20(17-6-4-5-11-21-17)24-18(23-19)12-22-15(2)13-25-3/h4-11,15,22H,12-13H2,1-3H3,(H,23,24)/t15-/m1/s1. The molecule has 1 aromatic carbocycles. The lowest BCUT2D eigenvalue weighted by molar-refractivity contribution is 0.171. The number of aryl methyl sites for hydroxylation is 1. The molecular formula is C20H24N4O. The second kappa shape index (κ2) is 8.05. The minimum Gasteiger partial charge on any atom is -0.383 e. The van der Waals surface area contributed by atoms with Gasteiger partial charge in [-0.25, -0.2) is 4.98 Å². The number of H-pyrrole nitrogens is 1. The quantitative estimate of drug-likeness (QED) is 0.692. The number of ether oxygens (including phenoxy) is 1. The van der Waals surface area contributed by atoms with Crippen molar-refractivity contribution in [2.45, 2.75) is 26.4 Å². The normalized spacial score (nSPS) is 12.3. The van der Waals surface area contributed by atoms with Crippen LogP contribution in [0.1, 0.15) is 18.3 Å². The molecule has 3 aromatic rings. The number of hydrogen-bond acceptors (Lipinski definition) is 4. The predicted molar refractivity (Wildman–Crippen MR) is 100 cm³/mol. The number of benzene rings is 1. The third kappa shape index (κ3) is 4.32. The number of aromatic amines is 1. The molecule has 130 valence electrons. The Hall–Kier alpha value is -2.50. The van der Waals surface area contributed by atoms with Crippen LogP contribution in [0.4, 0.5) is 0 Å². The average molecular weight is 336 g/mol. The molecule has 5 nitrogen and oxygen atoms in total. The maximum absolute atomic E-state index is 5.17. The second-order valence-electron chi connectivity index (χ2n) is 6.23. The summed E-state index contributed by atoms with van der Waals surface area (Å²) < 4.78 is 5.17. The van der Waals surface area contributed by atoms with Gasteiger partial charge in [0.15, 0.2) is 0 Å². The van der Waals surface area contributed by atoms with Gasteiger partial charge >= 0.3 is 0 Å². The molecule has 0 spiro atoms. The fraction of sp³-hybridized carbons (Fsp3) is 0.300. The van der Waals surface area contributed by atoms with Gasteiger partial charge in [0, 0.05) is 24.9 Å². The van der Waals surface area contributed by atoms with Crippen molar-refractivity contribution in [2.24, 2.45) is 0 Å². The Morgan fingerprint density at radius 2 is 1.96 bits per heavy atom. The van der Waals surface area contributed by atoms with Crippen LogP contribution in [0.15, 0.2) is 48.7 Å². The molecule has 5 heteroatoms. The molecule has 0 amide bonds. The lowest BCUT2D eigenvalue weighted by Crippen LogP contribution is -2.29. The topological polar surface area (TPSA) is 62.8 Å². The molecule has 0 aliphatic carbocycles. The van der Waals surface area contributed by atoms with Gasteiger partial charge in [-0.3, -0.25) is 4.98 Å². The molecule has 3 rings (SSSR count). The molecule has 25 heavy (non-hydrogen) atoms. The largest absolute Gasteiger partial charge is 0.383 e. The van der Waals surface area contributed by atoms with Crippen LogP contribution in [0, 0.1) is 6.92 Å². The Balaban J connectivity index is 1.93. The summed E-state index contributed by atoms with van der Waals surface area (Å²) in [7, 11) is 1.71. The number of aromatic nitrogens is 3. The van der Waals surface area contributed by atoms with Gasteiger partial charge in [-0.1, -0.05) is 35.9 Å². The van der Waals surface area contributed by atoms with Crippen molar-refractivity contribution in [1.82, 2.24) is 20.3 Å². The molecule has 0 fully saturated rings. The fourth-order valence-electron chi connectivity index (χ4n) is 2.70. The van der Waals surface area contributed by atoms with Crippen molar-refractivity contribution in [3.63, 3.8) is 0 Å². The van der Waals surface area contributed by atoms with Gasteiger partial charge in [0.2, 0.25) is 0 Å². The van der Waals surface area contributed by atoms with E-state index in [1.165, 1.54) is 5.56 Å². The zero-order valence-corrected chi connectivity index (χ0v) is 14.9. The van der Waals surface area contributed by atoms with E-state index in [-0.39, 0.29) is 6.04 Å². The molecule has 0 radical (unpaired) electrons. The summed E-state index contributed by atoms with van der Waals surface area (Å²) in [6.07, 6.45) is 1.80. The summed E-state index contributed by atoms with van der Waals surface area (Å²) in [5.41, 5.74) is 5.07. The molecule has 0 unspecified atom stereocenters. The highest BCUT2D eigenvalue weighted by Crippen LogP contribution is 2.29. The average Bonchev–Trinajstić information content (AvgIpc) is 3.06. The van der Waals surface area contributed by atoms with Gasteiger partial charge in [0.25, 0.3) is 0 Å². The van der Waals surface area contributed by atoms with Crippen molar-refractivity contribution in [1.29, 1.82) is 0 Å². The monoisotopic (exact) mass is 336 g/mol. The molecule has 1 atom stereocenters. The molecule has 2 heterocycles. The molecule has 0 saturated heterocycles. The first-order valence-corrected chi connectivity index (χ1v) is 8.47. The van der Waals surface area contributed by atoms with Gasteiger partial charge in [0.05, 0.1) is 30.2 Å². The Morgan fingerprint density at radius 3 is 2.64 bits per heavy atom. The Bertz CT molecular complexity index is 796. The minimum absolute atomic E-state index is 0.260. The van der Waals surface area contributed by atoms with Crippen LogP contribution < -0.4 is 5.32 Å². The van der Waals surface area contributed by atoms with E-state index in [1.807, 2.05) is 18.2 Å². The Kier molecular flexibility index (Phi) is 5.58. The number of hydrogen-bond donors (Lipinski definition) is 2. The van der Waals surface area contributed by atoms with E-state index in [1.54, 1.807) is 13.3 Å². The SMILES string of the molecule is COC[C@@H](C)NCc1nc(-c2ccc(C)cc2)c(-c2ccccn2)[nH]1. The second-order valence-corrected chi connectivity index (χ2v) is 6.23. The maximum Gasteiger partial charge on any atom is 0.121 e. The summed E-state index contributed by atoms with van der Waals surface area (Å²) >= 11 is 0. The van der Waals surface area contributed by atoms with Crippen molar-refractivity contribution in [3.05, 3.63) is 60.0 Å². The number of pyridine rings is 1. The number of rotatable bonds is 7. The summed E-state index contributed by atoms with van der Waals surface area (Å²) in [6.45, 7) is 5.49. The van der Waals surface area contributed by atoms with E-state index in [4.69, 9.17) is 9.72 Å². The first-order chi connectivity index (χ1) is 12.2. The van der Waals surface area contributed by atoms with Crippen LogP contribution in [0.2, 0.25) is 0 Å². The van der Waals surface area contributed by atoms with E-state index >= 15 is 0 Å². The Labute approximate surface area is 148 Å². The zero-order chi connectivity index (χ0) is 17.6. The lowest BCUT2D eigenvalue weighted by atomic mass is 10.1. The van der Waals surface area contributed by atoms with E-state index in [2.05, 4.69) is 53.4 Å². The van der Waals surface area contributed by atoms with Crippen molar-refractivity contribution >= 4 is 0 Å². The van der Waals surface area contributed by atoms with Gasteiger partial charge in [-0.15, -0.1) is 0 Å². The Morgan fingerprint density at radius 1 is 1.16 bits per heavy atom. The number of methoxy groups -OCH3 is 1. The third-order valence-corrected chi connectivity index (χ3v) is 4.03. The molecule has 0 aliphatic heterocycles. The minimum atomic E-state index is 0.260. The smallest absolute Gasteiger partial charge is 0.121 e. The van der Waals surface area contributed by atoms with Crippen LogP contribution in [0.5, 0.6) is 0 Å². The molecule has 0 saturated carbocycles. The number of imidazole rings is 1. The van der Waals surface area contributed by atoms with Gasteiger partial charge in [-0.05, 0) is 26.0 Å². The van der Waals surface area contributed by atoms with Crippen LogP contribution >= 0.6 is 0 Å². The highest BCUT2D eigenvalue weighted by Gasteiger charge is 2.15. The van der Waals surface area contributed by atoms with Gasteiger partial charge in [-0.2, -0.15) is 0 Å². The first kappa shape index (κ1) is 17.3. The van der Waals surface area contributed by atoms with Crippen LogP contribution in [-0.2, 0) is 11.3 Å². The predicted octanol–water partition coefficient (Wildman–Crippen LogP) is 3.57. The maximum atomic E-state index is 5.17. The van der Waals surface area contributed by atoms with Crippen LogP contribution in [0.3, 0.4) is 0 Å². The fourth-order valence-corrected chi connectivity index (χ4v) is 2.70. The molecular weight excluding hydrogens is 312 g/mol. The van der Waals surface area contributed by atoms with E-state index in [9.17, 15) is 0 Å². The molecule has 2 aromatic heterocycles. The highest BCUT2D eigenvalue weighted by atomic mass is 16.5. The summed E-state index contributed by atoms with van der Waals surface area (Å²) in [6, 6.07) is 14.6. The zero-order valence-electron chi connectivity index (χ0n) is 14.9. The molecule has 2 N–H and O–H groups in total. The van der Waals surface area contributed by atoms with Crippen molar-refractivity contribution in [2.75, 3.05) is 13.7 Å². The van der Waals surface area contributed by atoms with E-state index in [0.29, 0.717) is 13.2 Å². The first-order valence-electron chi connectivity index (χ1n) is 8.47. The van der Waals surface area contributed by atoms with Crippen molar-refractivity contribution in [3.8, 4) is 22.6 Å². The van der Waals surface area contributed by atoms with Crippen LogP contribution in [0.25, 0.3) is 22.6 Å². The van der Waals surface area contributed by atoms with E-state index in [0.717, 1.165) is 28.5 Å². The molecule has 0 aliphatic rings. The van der Waals surface area contributed by atoms with Crippen molar-refractivity contribution < 1.29 is 4.74 Å². The highest BCUT2D eigenvalue weighted by molar-refractivity contribution is 5.76. The number of nitrogens with one attached hydrogen (secondary N) is 2. The van der Waals surface area contributed by atoms with E-state index < -0.39 is 0 Å². The van der Waals surface area contributed by atoms with Gasteiger partial charge < -0.3 is 15.0 Å². The van der Waals surface area contributed by atoms with Crippen LogP contribution in [-0.4, -0.2) is 34.7 Å². The molecule has 0 bridgehead atoms. The van der Waals surface area contributed by atoms with Gasteiger partial charge in [0.1, 0.15) is 5.82 Å². The number of nitrogens with zero attached hydrogens (tertiary/aromatic N) is 2. The lowest BCUT2D eigenvalue weighted by Gasteiger charge is -2.10. The summed E-state index contributed by atoms with van der Waals surface area (Å²) in [5, 5.41) is 3.41. The summed E-state index contributed by atoms with van der Waals surface area (Å²) in [4.78, 5) is 12.7. The third-order valence-electron chi connectivity index (χ3n) is 4.03. The summed E-state index contributed by atoms with van der Waals surface area (Å²) in [5.74, 6) is 0.888.